The third-order valence-electron chi connectivity index (χ3n) is 4.77. The molecule has 1 fully saturated rings. The van der Waals surface area contributed by atoms with E-state index in [1.807, 2.05) is 36.4 Å². The Labute approximate surface area is 190 Å². The lowest BCUT2D eigenvalue weighted by Gasteiger charge is -2.25. The molecule has 2 aromatic rings. The Bertz CT molecular complexity index is 884. The van der Waals surface area contributed by atoms with Gasteiger partial charge in [0, 0.05) is 5.02 Å². The van der Waals surface area contributed by atoms with E-state index in [2.05, 4.69) is 31.4 Å². The van der Waals surface area contributed by atoms with Crippen molar-refractivity contribution >= 4 is 39.7 Å². The van der Waals surface area contributed by atoms with Crippen LogP contribution >= 0.6 is 27.5 Å². The molecule has 1 amide bonds. The van der Waals surface area contributed by atoms with Gasteiger partial charge in [-0.15, -0.1) is 0 Å². The summed E-state index contributed by atoms with van der Waals surface area (Å²) in [4.78, 5) is 14.2. The number of carbonyl (C=O) groups is 1. The predicted molar refractivity (Wildman–Crippen MR) is 123 cm³/mol. The topological polar surface area (TPSA) is 63.2 Å². The fraction of sp³-hybridized carbons (Fsp3) is 0.364. The molecule has 0 spiro atoms. The second-order valence-electron chi connectivity index (χ2n) is 7.08. The Morgan fingerprint density at radius 2 is 1.97 bits per heavy atom. The molecule has 3 rings (SSSR count). The molecular formula is C22H25BrClN3O3. The second kappa shape index (κ2) is 11.3. The van der Waals surface area contributed by atoms with Crippen LogP contribution < -0.4 is 14.9 Å². The number of piperidine rings is 1. The van der Waals surface area contributed by atoms with Crippen LogP contribution in [0.5, 0.6) is 11.5 Å². The Morgan fingerprint density at radius 3 is 2.67 bits per heavy atom. The fourth-order valence-corrected chi connectivity index (χ4v) is 3.93. The summed E-state index contributed by atoms with van der Waals surface area (Å²) in [5.41, 5.74) is 4.36. The normalized spacial score (nSPS) is 14.6. The number of nitrogens with one attached hydrogen (secondary N) is 1. The van der Waals surface area contributed by atoms with E-state index >= 15 is 0 Å². The van der Waals surface area contributed by atoms with Crippen molar-refractivity contribution in [3.05, 3.63) is 57.0 Å². The van der Waals surface area contributed by atoms with Gasteiger partial charge in [0.2, 0.25) is 0 Å². The summed E-state index contributed by atoms with van der Waals surface area (Å²) < 4.78 is 12.1. The van der Waals surface area contributed by atoms with Crippen LogP contribution in [0, 0.1) is 0 Å². The van der Waals surface area contributed by atoms with Gasteiger partial charge in [-0.25, -0.2) is 5.43 Å². The van der Waals surface area contributed by atoms with Gasteiger partial charge in [0.15, 0.2) is 11.5 Å². The van der Waals surface area contributed by atoms with E-state index < -0.39 is 0 Å². The van der Waals surface area contributed by atoms with Crippen LogP contribution in [0.15, 0.2) is 46.0 Å². The van der Waals surface area contributed by atoms with Crippen LogP contribution in [-0.2, 0) is 11.4 Å². The smallest absolute Gasteiger partial charge is 0.254 e. The highest BCUT2D eigenvalue weighted by Gasteiger charge is 2.14. The summed E-state index contributed by atoms with van der Waals surface area (Å²) in [6.45, 7) is 2.70. The number of hydrazone groups is 1. The molecule has 1 aliphatic heterocycles. The molecule has 0 aromatic heterocycles. The Balaban J connectivity index is 1.59. The van der Waals surface area contributed by atoms with Crippen molar-refractivity contribution in [1.29, 1.82) is 0 Å². The van der Waals surface area contributed by atoms with E-state index in [4.69, 9.17) is 21.1 Å². The lowest BCUT2D eigenvalue weighted by Crippen LogP contribution is -2.38. The number of benzene rings is 2. The fourth-order valence-electron chi connectivity index (χ4n) is 3.23. The van der Waals surface area contributed by atoms with E-state index in [1.165, 1.54) is 6.42 Å². The molecule has 0 unspecified atom stereocenters. The van der Waals surface area contributed by atoms with Crippen LogP contribution in [0.3, 0.4) is 0 Å². The van der Waals surface area contributed by atoms with Crippen molar-refractivity contribution in [2.24, 2.45) is 5.10 Å². The van der Waals surface area contributed by atoms with Gasteiger partial charge in [0.25, 0.3) is 5.91 Å². The molecule has 0 radical (unpaired) electrons. The lowest BCUT2D eigenvalue weighted by molar-refractivity contribution is -0.122. The van der Waals surface area contributed by atoms with E-state index in [9.17, 15) is 4.79 Å². The number of likely N-dealkylation sites (tertiary alicyclic amines) is 1. The summed E-state index contributed by atoms with van der Waals surface area (Å²) in [6.07, 6.45) is 5.13. The van der Waals surface area contributed by atoms with Crippen LogP contribution in [0.2, 0.25) is 5.02 Å². The van der Waals surface area contributed by atoms with Gasteiger partial charge >= 0.3 is 0 Å². The van der Waals surface area contributed by atoms with Crippen molar-refractivity contribution in [2.45, 2.75) is 25.9 Å². The Kier molecular flexibility index (Phi) is 8.54. The summed E-state index contributed by atoms with van der Waals surface area (Å²) in [7, 11) is 1.58. The average molecular weight is 495 g/mol. The van der Waals surface area contributed by atoms with Crippen molar-refractivity contribution in [2.75, 3.05) is 26.7 Å². The highest BCUT2D eigenvalue weighted by molar-refractivity contribution is 9.10. The van der Waals surface area contributed by atoms with Crippen LogP contribution in [0.25, 0.3) is 0 Å². The SMILES string of the molecule is COc1cc(/C=N\NC(=O)CN2CCCCC2)cc(Br)c1OCc1ccc(Cl)cc1. The molecular weight excluding hydrogens is 470 g/mol. The van der Waals surface area contributed by atoms with Gasteiger partial charge in [-0.05, 0) is 77.3 Å². The first-order valence-electron chi connectivity index (χ1n) is 9.84. The minimum atomic E-state index is -0.109. The first kappa shape index (κ1) is 22.6. The largest absolute Gasteiger partial charge is 0.493 e. The van der Waals surface area contributed by atoms with Gasteiger partial charge in [0.1, 0.15) is 6.61 Å². The van der Waals surface area contributed by atoms with Crippen molar-refractivity contribution < 1.29 is 14.3 Å². The van der Waals surface area contributed by atoms with Crippen molar-refractivity contribution in [1.82, 2.24) is 10.3 Å². The molecule has 0 saturated carbocycles. The van der Waals surface area contributed by atoms with Gasteiger partial charge in [-0.3, -0.25) is 9.69 Å². The molecule has 160 valence electrons. The number of halogens is 2. The Morgan fingerprint density at radius 1 is 1.23 bits per heavy atom. The van der Waals surface area contributed by atoms with Crippen LogP contribution in [0.1, 0.15) is 30.4 Å². The quantitative estimate of drug-likeness (QED) is 0.429. The molecule has 0 aliphatic carbocycles. The maximum absolute atomic E-state index is 12.1. The molecule has 30 heavy (non-hydrogen) atoms. The third kappa shape index (κ3) is 6.72. The summed E-state index contributed by atoms with van der Waals surface area (Å²) >= 11 is 9.45. The summed E-state index contributed by atoms with van der Waals surface area (Å²) in [5, 5.41) is 4.76. The van der Waals surface area contributed by atoms with Gasteiger partial charge in [0.05, 0.1) is 24.3 Å². The molecule has 0 atom stereocenters. The average Bonchev–Trinajstić information content (AvgIpc) is 2.74. The summed E-state index contributed by atoms with van der Waals surface area (Å²) in [6, 6.07) is 11.1. The molecule has 1 N–H and O–H groups in total. The minimum Gasteiger partial charge on any atom is -0.493 e. The zero-order valence-corrected chi connectivity index (χ0v) is 19.2. The van der Waals surface area contributed by atoms with Crippen LogP contribution in [0.4, 0.5) is 0 Å². The number of ether oxygens (including phenoxy) is 2. The molecule has 1 heterocycles. The highest BCUT2D eigenvalue weighted by Crippen LogP contribution is 2.36. The molecule has 8 heteroatoms. The molecule has 0 bridgehead atoms. The van der Waals surface area contributed by atoms with E-state index in [0.717, 1.165) is 41.5 Å². The predicted octanol–water partition coefficient (Wildman–Crippen LogP) is 4.63. The second-order valence-corrected chi connectivity index (χ2v) is 8.37. The zero-order chi connectivity index (χ0) is 21.3. The van der Waals surface area contributed by atoms with Gasteiger partial charge in [-0.1, -0.05) is 30.2 Å². The maximum atomic E-state index is 12.1. The van der Waals surface area contributed by atoms with Crippen molar-refractivity contribution in [3.63, 3.8) is 0 Å². The number of carbonyl (C=O) groups excluding carboxylic acids is 1. The lowest BCUT2D eigenvalue weighted by atomic mass is 10.1. The maximum Gasteiger partial charge on any atom is 0.254 e. The minimum absolute atomic E-state index is 0.109. The monoisotopic (exact) mass is 493 g/mol. The highest BCUT2D eigenvalue weighted by atomic mass is 79.9. The number of rotatable bonds is 8. The molecule has 6 nitrogen and oxygen atoms in total. The molecule has 2 aromatic carbocycles. The number of hydrogen-bond donors (Lipinski definition) is 1. The zero-order valence-electron chi connectivity index (χ0n) is 16.9. The number of hydrogen-bond acceptors (Lipinski definition) is 5. The Hall–Kier alpha value is -2.09. The van der Waals surface area contributed by atoms with E-state index in [0.29, 0.717) is 29.7 Å². The number of amides is 1. The van der Waals surface area contributed by atoms with Crippen molar-refractivity contribution in [3.8, 4) is 11.5 Å². The number of nitrogens with zero attached hydrogens (tertiary/aromatic N) is 2. The summed E-state index contributed by atoms with van der Waals surface area (Å²) in [5.74, 6) is 1.06. The first-order valence-corrected chi connectivity index (χ1v) is 11.0. The molecule has 1 saturated heterocycles. The third-order valence-corrected chi connectivity index (χ3v) is 5.61. The van der Waals surface area contributed by atoms with Gasteiger partial charge in [-0.2, -0.15) is 5.10 Å². The van der Waals surface area contributed by atoms with E-state index in [-0.39, 0.29) is 5.91 Å². The molecule has 1 aliphatic rings. The van der Waals surface area contributed by atoms with Crippen LogP contribution in [-0.4, -0.2) is 43.8 Å². The van der Waals surface area contributed by atoms with Gasteiger partial charge < -0.3 is 9.47 Å². The van der Waals surface area contributed by atoms with E-state index in [1.54, 1.807) is 13.3 Å². The standard InChI is InChI=1S/C22H25BrClN3O3/c1-29-20-12-17(13-25-26-21(28)14-27-9-3-2-4-10-27)11-19(23)22(20)30-15-16-5-7-18(24)8-6-16/h5-8,11-13H,2-4,9-10,14-15H2,1H3,(H,26,28)/b25-13-. The number of methoxy groups -OCH3 is 1. The first-order chi connectivity index (χ1) is 14.5.